The van der Waals surface area contributed by atoms with Crippen molar-refractivity contribution in [2.45, 2.75) is 31.7 Å². The summed E-state index contributed by atoms with van der Waals surface area (Å²) in [5.41, 5.74) is 3.04. The van der Waals surface area contributed by atoms with Gasteiger partial charge in [-0.05, 0) is 48.5 Å². The highest BCUT2D eigenvalue weighted by molar-refractivity contribution is 7.09. The van der Waals surface area contributed by atoms with Crippen molar-refractivity contribution in [3.05, 3.63) is 22.4 Å². The van der Waals surface area contributed by atoms with Crippen molar-refractivity contribution in [2.75, 3.05) is 0 Å². The molecule has 2 saturated carbocycles. The van der Waals surface area contributed by atoms with Crippen molar-refractivity contribution >= 4 is 11.3 Å². The molecule has 2 nitrogen and oxygen atoms in total. The van der Waals surface area contributed by atoms with Crippen LogP contribution in [0.4, 0.5) is 0 Å². The molecule has 3 unspecified atom stereocenters. The molecule has 1 aromatic rings. The molecule has 1 aromatic heterocycles. The van der Waals surface area contributed by atoms with Crippen LogP contribution in [0.1, 0.15) is 24.1 Å². The Morgan fingerprint density at radius 3 is 2.87 bits per heavy atom. The molecular formula is C12H18N2S. The quantitative estimate of drug-likeness (QED) is 0.605. The lowest BCUT2D eigenvalue weighted by Gasteiger charge is -2.16. The summed E-state index contributed by atoms with van der Waals surface area (Å²) in [6, 6.07) is 4.85. The summed E-state index contributed by atoms with van der Waals surface area (Å²) in [6.07, 6.45) is 5.45. The first-order valence-corrected chi connectivity index (χ1v) is 6.76. The minimum Gasteiger partial charge on any atom is -0.271 e. The normalized spacial score (nSPS) is 35.1. The van der Waals surface area contributed by atoms with Crippen molar-refractivity contribution in [3.63, 3.8) is 0 Å². The molecule has 3 rings (SSSR count). The van der Waals surface area contributed by atoms with Crippen molar-refractivity contribution in [1.82, 2.24) is 5.43 Å². The summed E-state index contributed by atoms with van der Waals surface area (Å²) in [5, 5.41) is 2.15. The summed E-state index contributed by atoms with van der Waals surface area (Å²) >= 11 is 1.84. The average Bonchev–Trinajstić information content (AvgIpc) is 2.73. The molecule has 0 aliphatic heterocycles. The Kier molecular flexibility index (Phi) is 2.54. The van der Waals surface area contributed by atoms with E-state index in [1.807, 2.05) is 11.3 Å². The maximum Gasteiger partial charge on any atom is 0.0292 e. The predicted molar refractivity (Wildman–Crippen MR) is 63.5 cm³/mol. The number of fused-ring (bicyclic) bond motifs is 1. The van der Waals surface area contributed by atoms with E-state index in [1.165, 1.54) is 24.1 Å². The van der Waals surface area contributed by atoms with Crippen LogP contribution in [0.5, 0.6) is 0 Å². The van der Waals surface area contributed by atoms with Gasteiger partial charge >= 0.3 is 0 Å². The molecule has 0 saturated heterocycles. The van der Waals surface area contributed by atoms with E-state index in [0.717, 1.165) is 24.2 Å². The third-order valence-electron chi connectivity index (χ3n) is 4.15. The van der Waals surface area contributed by atoms with E-state index in [-0.39, 0.29) is 0 Å². The first-order valence-electron chi connectivity index (χ1n) is 5.88. The molecule has 0 radical (unpaired) electrons. The highest BCUT2D eigenvalue weighted by Crippen LogP contribution is 2.59. The van der Waals surface area contributed by atoms with Crippen LogP contribution < -0.4 is 11.3 Å². The summed E-state index contributed by atoms with van der Waals surface area (Å²) in [7, 11) is 0. The van der Waals surface area contributed by atoms with Crippen LogP contribution in [-0.2, 0) is 6.42 Å². The second-order valence-electron chi connectivity index (χ2n) is 4.89. The van der Waals surface area contributed by atoms with Gasteiger partial charge in [-0.25, -0.2) is 0 Å². The van der Waals surface area contributed by atoms with Crippen LogP contribution in [0.3, 0.4) is 0 Å². The van der Waals surface area contributed by atoms with Crippen LogP contribution in [0.15, 0.2) is 17.5 Å². The van der Waals surface area contributed by atoms with Gasteiger partial charge < -0.3 is 0 Å². The number of thiophene rings is 1. The molecule has 3 heteroatoms. The van der Waals surface area contributed by atoms with Crippen molar-refractivity contribution in [2.24, 2.45) is 23.6 Å². The monoisotopic (exact) mass is 222 g/mol. The van der Waals surface area contributed by atoms with Gasteiger partial charge in [-0.3, -0.25) is 11.3 Å². The Labute approximate surface area is 94.8 Å². The number of hydrogen-bond acceptors (Lipinski definition) is 3. The summed E-state index contributed by atoms with van der Waals surface area (Å²) in [4.78, 5) is 1.46. The average molecular weight is 222 g/mol. The van der Waals surface area contributed by atoms with Crippen molar-refractivity contribution < 1.29 is 0 Å². The second kappa shape index (κ2) is 3.89. The third kappa shape index (κ3) is 1.73. The third-order valence-corrected chi connectivity index (χ3v) is 5.05. The molecule has 2 aliphatic carbocycles. The first kappa shape index (κ1) is 9.82. The van der Waals surface area contributed by atoms with E-state index in [1.54, 1.807) is 0 Å². The van der Waals surface area contributed by atoms with Gasteiger partial charge in [0.25, 0.3) is 0 Å². The molecule has 0 aromatic carbocycles. The first-order chi connectivity index (χ1) is 7.40. The number of rotatable bonds is 4. The number of nitrogens with one attached hydrogen (secondary N) is 1. The van der Waals surface area contributed by atoms with Gasteiger partial charge in [0.1, 0.15) is 0 Å². The highest BCUT2D eigenvalue weighted by atomic mass is 32.1. The van der Waals surface area contributed by atoms with E-state index in [4.69, 9.17) is 5.84 Å². The SMILES string of the molecule is NNC(Cc1cccs1)C1C2CCCC21. The van der Waals surface area contributed by atoms with Crippen LogP contribution in [-0.4, -0.2) is 6.04 Å². The lowest BCUT2D eigenvalue weighted by molar-refractivity contribution is 0.412. The molecule has 15 heavy (non-hydrogen) atoms. The highest BCUT2D eigenvalue weighted by Gasteiger charge is 2.55. The second-order valence-corrected chi connectivity index (χ2v) is 5.92. The minimum absolute atomic E-state index is 0.513. The zero-order valence-corrected chi connectivity index (χ0v) is 9.67. The Balaban J connectivity index is 1.63. The summed E-state index contributed by atoms with van der Waals surface area (Å²) in [6.45, 7) is 0. The fraction of sp³-hybridized carbons (Fsp3) is 0.667. The van der Waals surface area contributed by atoms with Crippen LogP contribution in [0, 0.1) is 17.8 Å². The molecule has 1 heterocycles. The van der Waals surface area contributed by atoms with Gasteiger partial charge in [0, 0.05) is 10.9 Å². The zero-order chi connectivity index (χ0) is 10.3. The fourth-order valence-electron chi connectivity index (χ4n) is 3.43. The van der Waals surface area contributed by atoms with Gasteiger partial charge in [-0.15, -0.1) is 11.3 Å². The lowest BCUT2D eigenvalue weighted by atomic mass is 10.0. The molecule has 2 aliphatic rings. The molecule has 0 amide bonds. The molecule has 82 valence electrons. The lowest BCUT2D eigenvalue weighted by Crippen LogP contribution is -2.39. The van der Waals surface area contributed by atoms with E-state index in [9.17, 15) is 0 Å². The van der Waals surface area contributed by atoms with E-state index in [0.29, 0.717) is 6.04 Å². The maximum atomic E-state index is 5.69. The van der Waals surface area contributed by atoms with E-state index >= 15 is 0 Å². The van der Waals surface area contributed by atoms with Gasteiger partial charge in [0.05, 0.1) is 0 Å². The van der Waals surface area contributed by atoms with Crippen LogP contribution in [0.2, 0.25) is 0 Å². The van der Waals surface area contributed by atoms with Gasteiger partial charge in [-0.1, -0.05) is 12.5 Å². The van der Waals surface area contributed by atoms with Gasteiger partial charge in [0.2, 0.25) is 0 Å². The Hall–Kier alpha value is -0.380. The topological polar surface area (TPSA) is 38.0 Å². The Morgan fingerprint density at radius 2 is 2.27 bits per heavy atom. The Bertz CT molecular complexity index is 312. The minimum atomic E-state index is 0.513. The smallest absolute Gasteiger partial charge is 0.0292 e. The molecule has 3 atom stereocenters. The molecule has 2 fully saturated rings. The van der Waals surface area contributed by atoms with E-state index in [2.05, 4.69) is 22.9 Å². The largest absolute Gasteiger partial charge is 0.271 e. The molecule has 3 N–H and O–H groups in total. The number of hydrazine groups is 1. The molecule has 0 spiro atoms. The fourth-order valence-corrected chi connectivity index (χ4v) is 4.19. The predicted octanol–water partition coefficient (Wildman–Crippen LogP) is 2.17. The van der Waals surface area contributed by atoms with Crippen molar-refractivity contribution in [3.8, 4) is 0 Å². The maximum absolute atomic E-state index is 5.69. The summed E-state index contributed by atoms with van der Waals surface area (Å²) < 4.78 is 0. The molecular weight excluding hydrogens is 204 g/mol. The van der Waals surface area contributed by atoms with Gasteiger partial charge in [-0.2, -0.15) is 0 Å². The number of nitrogens with two attached hydrogens (primary N) is 1. The van der Waals surface area contributed by atoms with E-state index < -0.39 is 0 Å². The van der Waals surface area contributed by atoms with Crippen LogP contribution in [0.25, 0.3) is 0 Å². The number of hydrogen-bond donors (Lipinski definition) is 2. The molecule has 0 bridgehead atoms. The van der Waals surface area contributed by atoms with Crippen LogP contribution >= 0.6 is 11.3 Å². The van der Waals surface area contributed by atoms with Gasteiger partial charge in [0.15, 0.2) is 0 Å². The summed E-state index contributed by atoms with van der Waals surface area (Å²) in [5.74, 6) is 8.54. The Morgan fingerprint density at radius 1 is 1.47 bits per heavy atom. The zero-order valence-electron chi connectivity index (χ0n) is 8.86. The van der Waals surface area contributed by atoms with Crippen molar-refractivity contribution in [1.29, 1.82) is 0 Å². The standard InChI is InChI=1S/C12H18N2S/c13-14-11(7-8-3-2-6-15-8)12-9-4-1-5-10(9)12/h2-3,6,9-12,14H,1,4-5,7,13H2.